The van der Waals surface area contributed by atoms with Crippen molar-refractivity contribution < 1.29 is 19.1 Å². The second kappa shape index (κ2) is 6.64. The molecule has 0 spiro atoms. The number of ether oxygens (including phenoxy) is 1. The molecule has 1 aliphatic rings. The molecule has 24 heavy (non-hydrogen) atoms. The Bertz CT molecular complexity index is 789. The fourth-order valence-corrected chi connectivity index (χ4v) is 2.78. The van der Waals surface area contributed by atoms with Crippen molar-refractivity contribution in [1.82, 2.24) is 4.90 Å². The van der Waals surface area contributed by atoms with Gasteiger partial charge in [-0.1, -0.05) is 48.5 Å². The van der Waals surface area contributed by atoms with Gasteiger partial charge in [0.1, 0.15) is 0 Å². The van der Waals surface area contributed by atoms with E-state index in [-0.39, 0.29) is 12.5 Å². The lowest BCUT2D eigenvalue weighted by Crippen LogP contribution is -2.35. The van der Waals surface area contributed by atoms with Gasteiger partial charge in [-0.15, -0.1) is 0 Å². The molecule has 0 radical (unpaired) electrons. The number of esters is 2. The van der Waals surface area contributed by atoms with Crippen LogP contribution in [0.5, 0.6) is 0 Å². The Morgan fingerprint density at radius 1 is 1.04 bits per heavy atom. The van der Waals surface area contributed by atoms with Crippen molar-refractivity contribution in [2.75, 3.05) is 6.54 Å². The molecule has 1 unspecified atom stereocenters. The van der Waals surface area contributed by atoms with Crippen molar-refractivity contribution in [3.8, 4) is 0 Å². The lowest BCUT2D eigenvalue weighted by molar-refractivity contribution is -0.162. The van der Waals surface area contributed by atoms with Gasteiger partial charge in [0.05, 0.1) is 6.54 Å². The van der Waals surface area contributed by atoms with Crippen LogP contribution in [0.15, 0.2) is 54.6 Å². The fraction of sp³-hybridized carbons (Fsp3) is 0.167. The molecule has 0 saturated carbocycles. The molecule has 6 heteroatoms. The minimum absolute atomic E-state index is 0.241. The molecule has 122 valence electrons. The van der Waals surface area contributed by atoms with Crippen LogP contribution >= 0.6 is 0 Å². The number of rotatable bonds is 4. The molecule has 2 N–H and O–H groups in total. The van der Waals surface area contributed by atoms with Gasteiger partial charge in [-0.25, -0.2) is 4.79 Å². The summed E-state index contributed by atoms with van der Waals surface area (Å²) in [5.74, 6) is -1.88. The van der Waals surface area contributed by atoms with E-state index >= 15 is 0 Å². The Kier molecular flexibility index (Phi) is 4.39. The van der Waals surface area contributed by atoms with Crippen LogP contribution in [0.3, 0.4) is 0 Å². The maximum Gasteiger partial charge on any atom is 0.341 e. The molecule has 0 aliphatic carbocycles. The third kappa shape index (κ3) is 2.91. The highest BCUT2D eigenvalue weighted by Gasteiger charge is 2.42. The van der Waals surface area contributed by atoms with Crippen LogP contribution < -0.4 is 5.73 Å². The van der Waals surface area contributed by atoms with Crippen molar-refractivity contribution in [1.29, 1.82) is 0 Å². The van der Waals surface area contributed by atoms with E-state index in [4.69, 9.17) is 10.5 Å². The largest absolute Gasteiger partial charge is 0.390 e. The third-order valence-corrected chi connectivity index (χ3v) is 3.86. The van der Waals surface area contributed by atoms with Gasteiger partial charge in [0.2, 0.25) is 0 Å². The summed E-state index contributed by atoms with van der Waals surface area (Å²) in [6, 6.07) is 15.2. The van der Waals surface area contributed by atoms with Crippen molar-refractivity contribution in [2.45, 2.75) is 12.6 Å². The van der Waals surface area contributed by atoms with Crippen molar-refractivity contribution in [2.24, 2.45) is 5.73 Å². The van der Waals surface area contributed by atoms with E-state index in [1.807, 2.05) is 30.3 Å². The number of hydrogen-bond acceptors (Lipinski definition) is 5. The van der Waals surface area contributed by atoms with Gasteiger partial charge in [-0.05, 0) is 17.2 Å². The maximum absolute atomic E-state index is 12.7. The predicted molar refractivity (Wildman–Crippen MR) is 85.7 cm³/mol. The highest BCUT2D eigenvalue weighted by Crippen LogP contribution is 2.35. The van der Waals surface area contributed by atoms with E-state index in [0.717, 1.165) is 5.56 Å². The van der Waals surface area contributed by atoms with Crippen LogP contribution in [0, 0.1) is 0 Å². The summed E-state index contributed by atoms with van der Waals surface area (Å²) in [5.41, 5.74) is 7.04. The number of hydrogen-bond donors (Lipinski definition) is 1. The molecule has 6 nitrogen and oxygen atoms in total. The molecule has 1 atom stereocenters. The van der Waals surface area contributed by atoms with Crippen LogP contribution in [0.25, 0.3) is 0 Å². The summed E-state index contributed by atoms with van der Waals surface area (Å²) in [7, 11) is 0. The minimum atomic E-state index is -0.954. The van der Waals surface area contributed by atoms with Crippen molar-refractivity contribution >= 4 is 17.8 Å². The number of amides is 1. The smallest absolute Gasteiger partial charge is 0.341 e. The Hall–Kier alpha value is -2.99. The van der Waals surface area contributed by atoms with Gasteiger partial charge in [0, 0.05) is 12.1 Å². The maximum atomic E-state index is 12.7. The number of carbonyl (C=O) groups excluding carboxylic acids is 3. The zero-order valence-corrected chi connectivity index (χ0v) is 12.8. The molecular weight excluding hydrogens is 308 g/mol. The van der Waals surface area contributed by atoms with Gasteiger partial charge in [0.25, 0.3) is 5.91 Å². The normalized spacial score (nSPS) is 16.0. The summed E-state index contributed by atoms with van der Waals surface area (Å²) in [6.07, 6.45) is 0. The number of fused-ring (bicyclic) bond motifs is 1. The Morgan fingerprint density at radius 3 is 2.42 bits per heavy atom. The highest BCUT2D eigenvalue weighted by molar-refractivity contribution is 6.05. The molecule has 0 fully saturated rings. The molecule has 0 bridgehead atoms. The van der Waals surface area contributed by atoms with Gasteiger partial charge in [0.15, 0.2) is 6.04 Å². The van der Waals surface area contributed by atoms with Gasteiger partial charge >= 0.3 is 11.9 Å². The van der Waals surface area contributed by atoms with Crippen LogP contribution in [0.1, 0.15) is 27.5 Å². The first-order valence-electron chi connectivity index (χ1n) is 7.50. The van der Waals surface area contributed by atoms with Crippen LogP contribution in [0.2, 0.25) is 0 Å². The Labute approximate surface area is 138 Å². The molecule has 0 saturated heterocycles. The van der Waals surface area contributed by atoms with Gasteiger partial charge in [-0.3, -0.25) is 9.59 Å². The molecule has 2 aromatic rings. The molecule has 1 aliphatic heterocycles. The minimum Gasteiger partial charge on any atom is -0.390 e. The lowest BCUT2D eigenvalue weighted by Gasteiger charge is -2.23. The molecular formula is C18H16N2O4. The number of nitrogens with zero attached hydrogens (tertiary/aromatic N) is 1. The van der Waals surface area contributed by atoms with Crippen LogP contribution in [-0.2, 0) is 20.9 Å². The summed E-state index contributed by atoms with van der Waals surface area (Å²) in [6.45, 7) is -0.155. The SMILES string of the molecule is NCC(=O)OC(=O)C1c2ccccc2C(=O)N1Cc1ccccc1. The second-order valence-corrected chi connectivity index (χ2v) is 5.41. The van der Waals surface area contributed by atoms with E-state index in [1.165, 1.54) is 4.90 Å². The van der Waals surface area contributed by atoms with Gasteiger partial charge in [-0.2, -0.15) is 0 Å². The zero-order chi connectivity index (χ0) is 17.1. The predicted octanol–water partition coefficient (Wildman–Crippen LogP) is 1.41. The van der Waals surface area contributed by atoms with Crippen molar-refractivity contribution in [3.05, 3.63) is 71.3 Å². The Balaban J connectivity index is 1.95. The molecule has 3 rings (SSSR count). The van der Waals surface area contributed by atoms with E-state index in [1.54, 1.807) is 24.3 Å². The number of nitrogens with two attached hydrogens (primary N) is 1. The first kappa shape index (κ1) is 15.9. The van der Waals surface area contributed by atoms with E-state index in [9.17, 15) is 14.4 Å². The highest BCUT2D eigenvalue weighted by atomic mass is 16.6. The van der Waals surface area contributed by atoms with E-state index < -0.39 is 24.5 Å². The third-order valence-electron chi connectivity index (χ3n) is 3.86. The summed E-state index contributed by atoms with van der Waals surface area (Å²) in [4.78, 5) is 37.9. The average Bonchev–Trinajstić information content (AvgIpc) is 2.88. The molecule has 0 aromatic heterocycles. The topological polar surface area (TPSA) is 89.7 Å². The van der Waals surface area contributed by atoms with E-state index in [2.05, 4.69) is 0 Å². The van der Waals surface area contributed by atoms with Gasteiger partial charge < -0.3 is 15.4 Å². The van der Waals surface area contributed by atoms with E-state index in [0.29, 0.717) is 11.1 Å². The molecule has 1 heterocycles. The average molecular weight is 324 g/mol. The molecule has 2 aromatic carbocycles. The summed E-state index contributed by atoms with van der Waals surface area (Å²) >= 11 is 0. The fourth-order valence-electron chi connectivity index (χ4n) is 2.78. The molecule has 1 amide bonds. The summed E-state index contributed by atoms with van der Waals surface area (Å²) < 4.78 is 4.76. The number of benzene rings is 2. The first-order chi connectivity index (χ1) is 11.6. The van der Waals surface area contributed by atoms with Crippen LogP contribution in [0.4, 0.5) is 0 Å². The number of carbonyl (C=O) groups is 3. The first-order valence-corrected chi connectivity index (χ1v) is 7.50. The zero-order valence-electron chi connectivity index (χ0n) is 12.8. The second-order valence-electron chi connectivity index (χ2n) is 5.41. The monoisotopic (exact) mass is 324 g/mol. The Morgan fingerprint density at radius 2 is 1.71 bits per heavy atom. The van der Waals surface area contributed by atoms with Crippen LogP contribution in [-0.4, -0.2) is 29.3 Å². The van der Waals surface area contributed by atoms with Crippen molar-refractivity contribution in [3.63, 3.8) is 0 Å². The lowest BCUT2D eigenvalue weighted by atomic mass is 10.0. The quantitative estimate of drug-likeness (QED) is 0.678. The summed E-state index contributed by atoms with van der Waals surface area (Å²) in [5, 5.41) is 0. The standard InChI is InChI=1S/C18H16N2O4/c19-10-15(21)24-18(23)16-13-8-4-5-9-14(13)17(22)20(16)11-12-6-2-1-3-7-12/h1-9,16H,10-11,19H2.